The van der Waals surface area contributed by atoms with Crippen LogP contribution in [-0.2, 0) is 16.1 Å². The molecule has 0 aromatic heterocycles. The summed E-state index contributed by atoms with van der Waals surface area (Å²) in [5.74, 6) is -0.215. The minimum absolute atomic E-state index is 0.0380. The Labute approximate surface area is 168 Å². The number of benzene rings is 2. The van der Waals surface area contributed by atoms with Gasteiger partial charge in [-0.05, 0) is 17.5 Å². The first-order chi connectivity index (χ1) is 13.0. The number of carboxylic acids is 1. The van der Waals surface area contributed by atoms with E-state index in [0.717, 1.165) is 6.42 Å². The lowest BCUT2D eigenvalue weighted by molar-refractivity contribution is -0.130. The van der Waals surface area contributed by atoms with Gasteiger partial charge in [0.15, 0.2) is 5.75 Å². The van der Waals surface area contributed by atoms with Crippen molar-refractivity contribution in [1.29, 1.82) is 0 Å². The van der Waals surface area contributed by atoms with Gasteiger partial charge in [-0.15, -0.1) is 0 Å². The zero-order valence-electron chi connectivity index (χ0n) is 15.0. The molecule has 0 unspecified atom stereocenters. The lowest BCUT2D eigenvalue weighted by atomic mass is 10.0. The predicted molar refractivity (Wildman–Crippen MR) is 106 cm³/mol. The molecule has 2 aromatic carbocycles. The molecule has 0 aliphatic rings. The summed E-state index contributed by atoms with van der Waals surface area (Å²) in [6.45, 7) is 2.63. The highest BCUT2D eigenvalue weighted by atomic mass is 35.5. The molecule has 0 fully saturated rings. The number of hydrogen-bond donors (Lipinski definition) is 1. The summed E-state index contributed by atoms with van der Waals surface area (Å²) in [5, 5.41) is 10.1. The third kappa shape index (κ3) is 5.55. The van der Waals surface area contributed by atoms with Crippen LogP contribution in [0, 0.1) is 0 Å². The Morgan fingerprint density at radius 3 is 2.41 bits per heavy atom. The number of hydrogen-bond acceptors (Lipinski definition) is 4. The molecule has 0 radical (unpaired) electrons. The number of carbonyl (C=O) groups is 1. The average Bonchev–Trinajstić information content (AvgIpc) is 2.64. The van der Waals surface area contributed by atoms with Crippen LogP contribution >= 0.6 is 23.2 Å². The van der Waals surface area contributed by atoms with E-state index in [1.165, 1.54) is 13.4 Å². The maximum atomic E-state index is 11.5. The van der Waals surface area contributed by atoms with Crippen molar-refractivity contribution in [2.45, 2.75) is 20.0 Å². The fourth-order valence-electron chi connectivity index (χ4n) is 2.38. The molecule has 0 spiro atoms. The van der Waals surface area contributed by atoms with Crippen molar-refractivity contribution in [2.24, 2.45) is 0 Å². The van der Waals surface area contributed by atoms with Gasteiger partial charge in [0.05, 0.1) is 30.0 Å². The van der Waals surface area contributed by atoms with Crippen molar-refractivity contribution in [2.75, 3.05) is 13.7 Å². The molecule has 7 heteroatoms. The van der Waals surface area contributed by atoms with Gasteiger partial charge in [-0.25, -0.2) is 4.79 Å². The molecule has 5 nitrogen and oxygen atoms in total. The van der Waals surface area contributed by atoms with Crippen molar-refractivity contribution in [1.82, 2.24) is 0 Å². The molecular weight excluding hydrogens is 391 g/mol. The molecular formula is C20H20Cl2O5. The van der Waals surface area contributed by atoms with E-state index in [9.17, 15) is 9.90 Å². The second kappa shape index (κ2) is 10.1. The molecule has 2 aromatic rings. The van der Waals surface area contributed by atoms with Gasteiger partial charge in [-0.1, -0.05) is 54.4 Å². The number of rotatable bonds is 9. The van der Waals surface area contributed by atoms with Crippen molar-refractivity contribution in [3.05, 3.63) is 63.8 Å². The Balaban J connectivity index is 2.23. The number of halogens is 2. The highest BCUT2D eigenvalue weighted by molar-refractivity contribution is 6.37. The lowest BCUT2D eigenvalue weighted by Gasteiger charge is -2.14. The Morgan fingerprint density at radius 2 is 1.81 bits per heavy atom. The van der Waals surface area contributed by atoms with Crippen LogP contribution in [0.2, 0.25) is 10.0 Å². The fourth-order valence-corrected chi connectivity index (χ4v) is 2.96. The van der Waals surface area contributed by atoms with Gasteiger partial charge < -0.3 is 19.3 Å². The second-order valence-electron chi connectivity index (χ2n) is 5.58. The monoisotopic (exact) mass is 410 g/mol. The number of methoxy groups -OCH3 is 1. The molecule has 0 bridgehead atoms. The Kier molecular flexibility index (Phi) is 7.82. The van der Waals surface area contributed by atoms with Crippen molar-refractivity contribution in [3.8, 4) is 11.5 Å². The smallest absolute Gasteiger partial charge is 0.339 e. The van der Waals surface area contributed by atoms with Crippen LogP contribution in [0.1, 0.15) is 24.5 Å². The third-order valence-corrected chi connectivity index (χ3v) is 4.15. The maximum absolute atomic E-state index is 11.5. The highest BCUT2D eigenvalue weighted by Crippen LogP contribution is 2.37. The Bertz CT molecular complexity index is 810. The molecule has 27 heavy (non-hydrogen) atoms. The third-order valence-electron chi connectivity index (χ3n) is 3.59. The average molecular weight is 411 g/mol. The van der Waals surface area contributed by atoms with Gasteiger partial charge in [0.1, 0.15) is 17.9 Å². The van der Waals surface area contributed by atoms with Gasteiger partial charge in [0.2, 0.25) is 0 Å². The molecule has 0 aliphatic heterocycles. The summed E-state index contributed by atoms with van der Waals surface area (Å²) >= 11 is 12.4. The number of carboxylic acid groups (broad SMARTS) is 1. The topological polar surface area (TPSA) is 65.0 Å². The maximum Gasteiger partial charge on any atom is 0.339 e. The Hall–Kier alpha value is -2.37. The van der Waals surface area contributed by atoms with Gasteiger partial charge in [0, 0.05) is 12.1 Å². The zero-order valence-corrected chi connectivity index (χ0v) is 16.5. The van der Waals surface area contributed by atoms with Gasteiger partial charge in [-0.2, -0.15) is 0 Å². The van der Waals surface area contributed by atoms with Crippen LogP contribution in [0.25, 0.3) is 5.57 Å². The molecule has 0 aliphatic carbocycles. The van der Waals surface area contributed by atoms with E-state index >= 15 is 0 Å². The van der Waals surface area contributed by atoms with E-state index in [1.807, 2.05) is 6.92 Å². The largest absolute Gasteiger partial charge is 0.503 e. The summed E-state index contributed by atoms with van der Waals surface area (Å²) in [4.78, 5) is 11.5. The normalized spacial score (nSPS) is 11.2. The first kappa shape index (κ1) is 20.9. The summed E-state index contributed by atoms with van der Waals surface area (Å²) in [6, 6.07) is 10.3. The summed E-state index contributed by atoms with van der Waals surface area (Å²) in [7, 11) is 1.40. The van der Waals surface area contributed by atoms with Crippen LogP contribution in [0.5, 0.6) is 11.5 Å². The minimum Gasteiger partial charge on any atom is -0.503 e. The van der Waals surface area contributed by atoms with E-state index in [4.69, 9.17) is 37.4 Å². The molecule has 0 atom stereocenters. The fraction of sp³-hybridized carbons (Fsp3) is 0.250. The minimum atomic E-state index is -1.09. The predicted octanol–water partition coefficient (Wildman–Crippen LogP) is 5.43. The summed E-state index contributed by atoms with van der Waals surface area (Å²) in [5.41, 5.74) is 1.23. The first-order valence-corrected chi connectivity index (χ1v) is 9.02. The quantitative estimate of drug-likeness (QED) is 0.440. The van der Waals surface area contributed by atoms with Crippen molar-refractivity contribution < 1.29 is 24.1 Å². The van der Waals surface area contributed by atoms with Gasteiger partial charge in [-0.3, -0.25) is 0 Å². The zero-order chi connectivity index (χ0) is 19.8. The lowest BCUT2D eigenvalue weighted by Crippen LogP contribution is -2.06. The highest BCUT2D eigenvalue weighted by Gasteiger charge is 2.16. The summed E-state index contributed by atoms with van der Waals surface area (Å²) < 4.78 is 16.2. The molecule has 0 saturated heterocycles. The second-order valence-corrected chi connectivity index (χ2v) is 6.40. The molecule has 0 heterocycles. The van der Waals surface area contributed by atoms with Gasteiger partial charge >= 0.3 is 5.97 Å². The number of ether oxygens (including phenoxy) is 3. The van der Waals surface area contributed by atoms with E-state index in [-0.39, 0.29) is 12.2 Å². The molecule has 0 amide bonds. The SMILES string of the molecule is CCCOc1c(Cl)cc(OCc2ccccc2C(=COC)C(=O)O)cc1Cl. The molecule has 0 saturated carbocycles. The standard InChI is InChI=1S/C20H20Cl2O5/c1-3-8-26-19-17(21)9-14(10-18(19)22)27-11-13-6-4-5-7-15(13)16(12-25-2)20(23)24/h4-7,9-10,12H,3,8,11H2,1-2H3,(H,23,24). The van der Waals surface area contributed by atoms with E-state index < -0.39 is 5.97 Å². The van der Waals surface area contributed by atoms with Crippen LogP contribution in [0.15, 0.2) is 42.7 Å². The van der Waals surface area contributed by atoms with Crippen LogP contribution in [-0.4, -0.2) is 24.8 Å². The summed E-state index contributed by atoms with van der Waals surface area (Å²) in [6.07, 6.45) is 2.03. The van der Waals surface area contributed by atoms with Crippen LogP contribution in [0.4, 0.5) is 0 Å². The number of aliphatic carboxylic acids is 1. The van der Waals surface area contributed by atoms with Crippen molar-refractivity contribution >= 4 is 34.7 Å². The van der Waals surface area contributed by atoms with Gasteiger partial charge in [0.25, 0.3) is 0 Å². The molecule has 144 valence electrons. The molecule has 1 N–H and O–H groups in total. The van der Waals surface area contributed by atoms with E-state index in [1.54, 1.807) is 36.4 Å². The first-order valence-electron chi connectivity index (χ1n) is 8.27. The van der Waals surface area contributed by atoms with E-state index in [2.05, 4.69) is 0 Å². The van der Waals surface area contributed by atoms with E-state index in [0.29, 0.717) is 39.3 Å². The molecule has 2 rings (SSSR count). The van der Waals surface area contributed by atoms with Crippen molar-refractivity contribution in [3.63, 3.8) is 0 Å². The van der Waals surface area contributed by atoms with Crippen LogP contribution in [0.3, 0.4) is 0 Å². The Morgan fingerprint density at radius 1 is 1.15 bits per heavy atom. The van der Waals surface area contributed by atoms with Crippen LogP contribution < -0.4 is 9.47 Å².